The predicted octanol–water partition coefficient (Wildman–Crippen LogP) is 1.54. The van der Waals surface area contributed by atoms with Crippen LogP contribution in [-0.4, -0.2) is 59.1 Å². The van der Waals surface area contributed by atoms with E-state index in [1.807, 2.05) is 5.38 Å². The molecule has 0 aliphatic carbocycles. The van der Waals surface area contributed by atoms with Gasteiger partial charge in [0.15, 0.2) is 0 Å². The summed E-state index contributed by atoms with van der Waals surface area (Å²) in [6.45, 7) is 6.10. The summed E-state index contributed by atoms with van der Waals surface area (Å²) in [4.78, 5) is 31.7. The Morgan fingerprint density at radius 2 is 2.30 bits per heavy atom. The van der Waals surface area contributed by atoms with Crippen molar-refractivity contribution in [1.82, 2.24) is 14.8 Å². The molecular weight excluding hydrogens is 278 g/mol. The van der Waals surface area contributed by atoms with Gasteiger partial charge in [-0.05, 0) is 0 Å². The molecule has 7 heteroatoms. The molecule has 1 atom stereocenters. The van der Waals surface area contributed by atoms with Crippen LogP contribution in [0, 0.1) is 0 Å². The minimum absolute atomic E-state index is 0.0107. The van der Waals surface area contributed by atoms with E-state index in [4.69, 9.17) is 4.74 Å². The van der Waals surface area contributed by atoms with Crippen molar-refractivity contribution in [2.75, 3.05) is 26.2 Å². The minimum atomic E-state index is -0.266. The van der Waals surface area contributed by atoms with E-state index in [0.717, 1.165) is 5.01 Å². The summed E-state index contributed by atoms with van der Waals surface area (Å²) < 4.78 is 5.00. The highest BCUT2D eigenvalue weighted by molar-refractivity contribution is 7.09. The summed E-state index contributed by atoms with van der Waals surface area (Å²) in [5, 5.41) is 2.80. The van der Waals surface area contributed by atoms with Crippen molar-refractivity contribution in [3.05, 3.63) is 16.1 Å². The Hall–Kier alpha value is -1.63. The van der Waals surface area contributed by atoms with Crippen LogP contribution in [0.5, 0.6) is 0 Å². The average Bonchev–Trinajstić information content (AvgIpc) is 3.05. The van der Waals surface area contributed by atoms with Crippen molar-refractivity contribution in [2.45, 2.75) is 25.8 Å². The van der Waals surface area contributed by atoms with Crippen LogP contribution >= 0.6 is 11.3 Å². The zero-order chi connectivity index (χ0) is 14.3. The van der Waals surface area contributed by atoms with E-state index in [9.17, 15) is 9.59 Å². The van der Waals surface area contributed by atoms with Crippen molar-refractivity contribution in [2.24, 2.45) is 0 Å². The molecule has 2 amide bonds. The first-order valence-electron chi connectivity index (χ1n) is 6.74. The van der Waals surface area contributed by atoms with E-state index < -0.39 is 0 Å². The fraction of sp³-hybridized carbons (Fsp3) is 0.615. The second-order valence-electron chi connectivity index (χ2n) is 5.40. The number of cyclic esters (lactones) is 1. The lowest BCUT2D eigenvalue weighted by Gasteiger charge is -2.34. The van der Waals surface area contributed by atoms with Crippen LogP contribution in [-0.2, 0) is 4.74 Å². The Morgan fingerprint density at radius 3 is 3.00 bits per heavy atom. The maximum absolute atomic E-state index is 12.4. The summed E-state index contributed by atoms with van der Waals surface area (Å²) in [5.41, 5.74) is 0.511. The summed E-state index contributed by atoms with van der Waals surface area (Å²) >= 11 is 1.52. The van der Waals surface area contributed by atoms with Gasteiger partial charge in [-0.1, -0.05) is 13.8 Å². The smallest absolute Gasteiger partial charge is 0.410 e. The van der Waals surface area contributed by atoms with Gasteiger partial charge < -0.3 is 9.64 Å². The number of fused-ring (bicyclic) bond motifs is 1. The summed E-state index contributed by atoms with van der Waals surface area (Å²) in [6, 6.07) is -0.0107. The van der Waals surface area contributed by atoms with Crippen molar-refractivity contribution < 1.29 is 14.3 Å². The van der Waals surface area contributed by atoms with Crippen molar-refractivity contribution in [3.8, 4) is 0 Å². The normalized spacial score (nSPS) is 22.1. The second-order valence-corrected chi connectivity index (χ2v) is 6.29. The van der Waals surface area contributed by atoms with Crippen molar-refractivity contribution in [3.63, 3.8) is 0 Å². The van der Waals surface area contributed by atoms with Crippen molar-refractivity contribution in [1.29, 1.82) is 0 Å². The summed E-state index contributed by atoms with van der Waals surface area (Å²) in [5.74, 6) is 0.284. The van der Waals surface area contributed by atoms with E-state index in [0.29, 0.717) is 37.9 Å². The lowest BCUT2D eigenvalue weighted by atomic mass is 10.2. The molecule has 2 aliphatic rings. The van der Waals surface area contributed by atoms with Crippen LogP contribution in [0.2, 0.25) is 0 Å². The largest absolute Gasteiger partial charge is 0.447 e. The molecule has 2 saturated heterocycles. The van der Waals surface area contributed by atoms with Gasteiger partial charge in [-0.2, -0.15) is 0 Å². The molecule has 0 unspecified atom stereocenters. The molecule has 0 N–H and O–H groups in total. The van der Waals surface area contributed by atoms with Gasteiger partial charge in [-0.25, -0.2) is 9.78 Å². The van der Waals surface area contributed by atoms with E-state index in [2.05, 4.69) is 18.8 Å². The standard InChI is InChI=1S/C13H17N3O3S/c1-8(2)11-14-10(7-20-11)12(17)15-3-4-16-9(5-15)6-19-13(16)18/h7-9H,3-6H2,1-2H3/t9-/m0/s1. The van der Waals surface area contributed by atoms with Gasteiger partial charge in [0.05, 0.1) is 11.0 Å². The number of hydrogen-bond acceptors (Lipinski definition) is 5. The molecule has 3 heterocycles. The van der Waals surface area contributed by atoms with Gasteiger partial charge in [0.25, 0.3) is 5.91 Å². The molecule has 1 aromatic rings. The van der Waals surface area contributed by atoms with Gasteiger partial charge in [0.1, 0.15) is 12.3 Å². The van der Waals surface area contributed by atoms with Gasteiger partial charge in [0.2, 0.25) is 0 Å². The SMILES string of the molecule is CC(C)c1nc(C(=O)N2CCN3C(=O)OC[C@@H]3C2)cs1. The van der Waals surface area contributed by atoms with Crippen LogP contribution in [0.4, 0.5) is 4.79 Å². The highest BCUT2D eigenvalue weighted by atomic mass is 32.1. The Labute approximate surface area is 121 Å². The number of thiazole rings is 1. The van der Waals surface area contributed by atoms with Crippen molar-refractivity contribution >= 4 is 23.3 Å². The van der Waals surface area contributed by atoms with Crippen LogP contribution in [0.1, 0.15) is 35.3 Å². The average molecular weight is 295 g/mol. The molecule has 1 aromatic heterocycles. The molecule has 0 radical (unpaired) electrons. The Bertz CT molecular complexity index is 543. The highest BCUT2D eigenvalue weighted by Crippen LogP contribution is 2.22. The minimum Gasteiger partial charge on any atom is -0.447 e. The number of amides is 2. The molecular formula is C13H17N3O3S. The second kappa shape index (κ2) is 5.05. The third kappa shape index (κ3) is 2.26. The number of rotatable bonds is 2. The Balaban J connectivity index is 1.70. The Morgan fingerprint density at radius 1 is 1.50 bits per heavy atom. The fourth-order valence-corrected chi connectivity index (χ4v) is 3.30. The van der Waals surface area contributed by atoms with Crippen LogP contribution in [0.3, 0.4) is 0 Å². The number of piperazine rings is 1. The fourth-order valence-electron chi connectivity index (χ4n) is 2.49. The number of carbonyl (C=O) groups excluding carboxylic acids is 2. The summed E-state index contributed by atoms with van der Waals surface area (Å²) in [7, 11) is 0. The lowest BCUT2D eigenvalue weighted by Crippen LogP contribution is -2.53. The molecule has 0 bridgehead atoms. The van der Waals surface area contributed by atoms with Gasteiger partial charge in [-0.3, -0.25) is 9.69 Å². The number of ether oxygens (including phenoxy) is 1. The summed E-state index contributed by atoms with van der Waals surface area (Å²) in [6.07, 6.45) is -0.266. The van der Waals surface area contributed by atoms with E-state index in [1.165, 1.54) is 11.3 Å². The molecule has 0 saturated carbocycles. The molecule has 3 rings (SSSR count). The predicted molar refractivity (Wildman–Crippen MR) is 73.9 cm³/mol. The quantitative estimate of drug-likeness (QED) is 0.830. The monoisotopic (exact) mass is 295 g/mol. The zero-order valence-corrected chi connectivity index (χ0v) is 12.4. The first-order valence-corrected chi connectivity index (χ1v) is 7.62. The third-order valence-electron chi connectivity index (χ3n) is 3.64. The molecule has 2 aliphatic heterocycles. The highest BCUT2D eigenvalue weighted by Gasteiger charge is 2.39. The number of aromatic nitrogens is 1. The number of nitrogens with zero attached hydrogens (tertiary/aromatic N) is 3. The first-order chi connectivity index (χ1) is 9.56. The molecule has 20 heavy (non-hydrogen) atoms. The number of hydrogen-bond donors (Lipinski definition) is 0. The van der Waals surface area contributed by atoms with E-state index in [-0.39, 0.29) is 18.0 Å². The van der Waals surface area contributed by atoms with Gasteiger partial charge in [0, 0.05) is 30.9 Å². The van der Waals surface area contributed by atoms with Gasteiger partial charge >= 0.3 is 6.09 Å². The van der Waals surface area contributed by atoms with E-state index in [1.54, 1.807) is 9.80 Å². The van der Waals surface area contributed by atoms with Crippen LogP contribution < -0.4 is 0 Å². The maximum atomic E-state index is 12.4. The van der Waals surface area contributed by atoms with Crippen LogP contribution in [0.25, 0.3) is 0 Å². The molecule has 0 spiro atoms. The lowest BCUT2D eigenvalue weighted by molar-refractivity contribution is 0.0612. The van der Waals surface area contributed by atoms with E-state index >= 15 is 0 Å². The molecule has 0 aromatic carbocycles. The maximum Gasteiger partial charge on any atom is 0.410 e. The molecule has 108 valence electrons. The third-order valence-corrected chi connectivity index (χ3v) is 4.78. The molecule has 6 nitrogen and oxygen atoms in total. The number of carbonyl (C=O) groups is 2. The topological polar surface area (TPSA) is 62.7 Å². The zero-order valence-electron chi connectivity index (χ0n) is 11.5. The first kappa shape index (κ1) is 13.4. The van der Waals surface area contributed by atoms with Gasteiger partial charge in [-0.15, -0.1) is 11.3 Å². The molecule has 2 fully saturated rings. The Kier molecular flexibility index (Phi) is 3.37. The van der Waals surface area contributed by atoms with Crippen LogP contribution in [0.15, 0.2) is 5.38 Å².